The highest BCUT2D eigenvalue weighted by Gasteiger charge is 2.60. The van der Waals surface area contributed by atoms with Crippen LogP contribution in [0.15, 0.2) is 0 Å². The molecule has 0 bridgehead atoms. The first-order valence-electron chi connectivity index (χ1n) is 4.52. The Balaban J connectivity index is 1.67. The standard InChI is InChI=1S/C9H15N/c10-9(3-4-9)7-5-8(6-7)1-2-8/h7H,1-6,10H2. The first-order valence-corrected chi connectivity index (χ1v) is 4.52. The van der Waals surface area contributed by atoms with E-state index in [1.165, 1.54) is 38.5 Å². The average molecular weight is 137 g/mol. The van der Waals surface area contributed by atoms with Crippen LogP contribution in [0, 0.1) is 11.3 Å². The second kappa shape index (κ2) is 1.29. The molecule has 56 valence electrons. The summed E-state index contributed by atoms with van der Waals surface area (Å²) in [4.78, 5) is 0. The van der Waals surface area contributed by atoms with Crippen molar-refractivity contribution in [2.75, 3.05) is 0 Å². The van der Waals surface area contributed by atoms with Crippen LogP contribution in [0.2, 0.25) is 0 Å². The smallest absolute Gasteiger partial charge is 0.0184 e. The molecule has 0 radical (unpaired) electrons. The molecule has 0 aromatic carbocycles. The normalized spacial score (nSPS) is 39.3. The van der Waals surface area contributed by atoms with Gasteiger partial charge < -0.3 is 5.73 Å². The van der Waals surface area contributed by atoms with E-state index in [1.807, 2.05) is 0 Å². The van der Waals surface area contributed by atoms with Crippen molar-refractivity contribution in [2.24, 2.45) is 17.1 Å². The molecule has 10 heavy (non-hydrogen) atoms. The fourth-order valence-corrected chi connectivity index (χ4v) is 2.53. The molecule has 3 saturated carbocycles. The highest BCUT2D eigenvalue weighted by Crippen LogP contribution is 2.68. The minimum Gasteiger partial charge on any atom is -0.325 e. The van der Waals surface area contributed by atoms with Crippen LogP contribution in [-0.4, -0.2) is 5.54 Å². The number of nitrogens with two attached hydrogens (primary N) is 1. The van der Waals surface area contributed by atoms with Gasteiger partial charge in [0, 0.05) is 5.54 Å². The van der Waals surface area contributed by atoms with E-state index in [1.54, 1.807) is 0 Å². The van der Waals surface area contributed by atoms with E-state index < -0.39 is 0 Å². The molecule has 0 unspecified atom stereocenters. The summed E-state index contributed by atoms with van der Waals surface area (Å²) in [6.07, 6.45) is 8.60. The quantitative estimate of drug-likeness (QED) is 0.584. The molecule has 1 spiro atoms. The first kappa shape index (κ1) is 5.59. The van der Waals surface area contributed by atoms with Crippen molar-refractivity contribution >= 4 is 0 Å². The zero-order valence-corrected chi connectivity index (χ0v) is 6.40. The van der Waals surface area contributed by atoms with Gasteiger partial charge in [-0.2, -0.15) is 0 Å². The minimum absolute atomic E-state index is 0.341. The summed E-state index contributed by atoms with van der Waals surface area (Å²) >= 11 is 0. The summed E-state index contributed by atoms with van der Waals surface area (Å²) < 4.78 is 0. The van der Waals surface area contributed by atoms with Crippen LogP contribution in [0.4, 0.5) is 0 Å². The van der Waals surface area contributed by atoms with Crippen LogP contribution in [0.25, 0.3) is 0 Å². The Kier molecular flexibility index (Phi) is 0.722. The van der Waals surface area contributed by atoms with E-state index in [4.69, 9.17) is 5.73 Å². The van der Waals surface area contributed by atoms with Gasteiger partial charge in [-0.15, -0.1) is 0 Å². The van der Waals surface area contributed by atoms with Gasteiger partial charge in [0.1, 0.15) is 0 Å². The fraction of sp³-hybridized carbons (Fsp3) is 1.00. The number of hydrogen-bond acceptors (Lipinski definition) is 1. The van der Waals surface area contributed by atoms with E-state index in [0.29, 0.717) is 5.54 Å². The molecular weight excluding hydrogens is 122 g/mol. The van der Waals surface area contributed by atoms with Crippen LogP contribution in [0.5, 0.6) is 0 Å². The molecule has 1 nitrogen and oxygen atoms in total. The summed E-state index contributed by atoms with van der Waals surface area (Å²) in [7, 11) is 0. The molecule has 3 rings (SSSR count). The molecule has 0 heterocycles. The van der Waals surface area contributed by atoms with Crippen molar-refractivity contribution in [3.8, 4) is 0 Å². The maximum atomic E-state index is 6.10. The van der Waals surface area contributed by atoms with E-state index in [2.05, 4.69) is 0 Å². The molecule has 0 atom stereocenters. The van der Waals surface area contributed by atoms with Crippen molar-refractivity contribution in [1.82, 2.24) is 0 Å². The van der Waals surface area contributed by atoms with Crippen molar-refractivity contribution in [2.45, 2.75) is 44.1 Å². The second-order valence-corrected chi connectivity index (χ2v) is 4.84. The highest BCUT2D eigenvalue weighted by molar-refractivity contribution is 5.15. The predicted molar refractivity (Wildman–Crippen MR) is 40.5 cm³/mol. The van der Waals surface area contributed by atoms with Gasteiger partial charge in [-0.05, 0) is 49.9 Å². The average Bonchev–Trinajstić information content (AvgIpc) is 2.53. The Hall–Kier alpha value is -0.0400. The molecule has 3 fully saturated rings. The molecule has 3 aliphatic rings. The molecule has 0 aliphatic heterocycles. The molecular formula is C9H15N. The van der Waals surface area contributed by atoms with Gasteiger partial charge >= 0.3 is 0 Å². The number of rotatable bonds is 1. The molecule has 0 saturated heterocycles. The van der Waals surface area contributed by atoms with E-state index in [0.717, 1.165) is 11.3 Å². The maximum absolute atomic E-state index is 6.10. The topological polar surface area (TPSA) is 26.0 Å². The zero-order valence-electron chi connectivity index (χ0n) is 6.40. The lowest BCUT2D eigenvalue weighted by Crippen LogP contribution is -2.42. The second-order valence-electron chi connectivity index (χ2n) is 4.84. The zero-order chi connectivity index (χ0) is 6.82. The third-order valence-corrected chi connectivity index (χ3v) is 3.96. The molecule has 0 aromatic rings. The highest BCUT2D eigenvalue weighted by atomic mass is 14.9. The van der Waals surface area contributed by atoms with Gasteiger partial charge in [0.25, 0.3) is 0 Å². The predicted octanol–water partition coefficient (Wildman–Crippen LogP) is 1.67. The van der Waals surface area contributed by atoms with E-state index >= 15 is 0 Å². The SMILES string of the molecule is NC1(C2CC3(CC3)C2)CC1. The van der Waals surface area contributed by atoms with Gasteiger partial charge in [-0.1, -0.05) is 0 Å². The summed E-state index contributed by atoms with van der Waals surface area (Å²) in [5.74, 6) is 0.926. The third-order valence-electron chi connectivity index (χ3n) is 3.96. The van der Waals surface area contributed by atoms with Gasteiger partial charge in [-0.3, -0.25) is 0 Å². The van der Waals surface area contributed by atoms with Crippen LogP contribution < -0.4 is 5.73 Å². The lowest BCUT2D eigenvalue weighted by Gasteiger charge is -2.40. The van der Waals surface area contributed by atoms with Crippen molar-refractivity contribution in [3.63, 3.8) is 0 Å². The van der Waals surface area contributed by atoms with Gasteiger partial charge in [0.2, 0.25) is 0 Å². The van der Waals surface area contributed by atoms with Gasteiger partial charge in [-0.25, -0.2) is 0 Å². The van der Waals surface area contributed by atoms with Gasteiger partial charge in [0.15, 0.2) is 0 Å². The Morgan fingerprint density at radius 3 is 2.00 bits per heavy atom. The summed E-state index contributed by atoms with van der Waals surface area (Å²) in [5, 5.41) is 0. The van der Waals surface area contributed by atoms with Gasteiger partial charge in [0.05, 0.1) is 0 Å². The van der Waals surface area contributed by atoms with Crippen molar-refractivity contribution in [1.29, 1.82) is 0 Å². The van der Waals surface area contributed by atoms with Crippen molar-refractivity contribution < 1.29 is 0 Å². The Morgan fingerprint density at radius 1 is 1.00 bits per heavy atom. The van der Waals surface area contributed by atoms with Crippen molar-refractivity contribution in [3.05, 3.63) is 0 Å². The van der Waals surface area contributed by atoms with E-state index in [-0.39, 0.29) is 0 Å². The molecule has 0 aromatic heterocycles. The fourth-order valence-electron chi connectivity index (χ4n) is 2.53. The van der Waals surface area contributed by atoms with Crippen LogP contribution in [0.3, 0.4) is 0 Å². The third kappa shape index (κ3) is 0.572. The molecule has 0 amide bonds. The minimum atomic E-state index is 0.341. The molecule has 1 heteroatoms. The summed E-state index contributed by atoms with van der Waals surface area (Å²) in [6.45, 7) is 0. The first-order chi connectivity index (χ1) is 4.73. The lowest BCUT2D eigenvalue weighted by atomic mass is 9.67. The lowest BCUT2D eigenvalue weighted by molar-refractivity contribution is 0.129. The summed E-state index contributed by atoms with van der Waals surface area (Å²) in [6, 6.07) is 0. The molecule has 2 N–H and O–H groups in total. The van der Waals surface area contributed by atoms with E-state index in [9.17, 15) is 0 Å². The summed E-state index contributed by atoms with van der Waals surface area (Å²) in [5.41, 5.74) is 7.30. The monoisotopic (exact) mass is 137 g/mol. The Morgan fingerprint density at radius 2 is 1.60 bits per heavy atom. The maximum Gasteiger partial charge on any atom is 0.0184 e. The van der Waals surface area contributed by atoms with Crippen LogP contribution >= 0.6 is 0 Å². The number of hydrogen-bond donors (Lipinski definition) is 1. The largest absolute Gasteiger partial charge is 0.325 e. The Bertz CT molecular complexity index is 169. The van der Waals surface area contributed by atoms with Crippen LogP contribution in [-0.2, 0) is 0 Å². The Labute approximate surface area is 62.0 Å². The van der Waals surface area contributed by atoms with Crippen LogP contribution in [0.1, 0.15) is 38.5 Å². The molecule has 3 aliphatic carbocycles.